The lowest BCUT2D eigenvalue weighted by Gasteiger charge is -2.14. The van der Waals surface area contributed by atoms with Gasteiger partial charge in [0.2, 0.25) is 0 Å². The predicted octanol–water partition coefficient (Wildman–Crippen LogP) is 3.98. The molecule has 0 saturated heterocycles. The van der Waals surface area contributed by atoms with E-state index < -0.39 is 6.10 Å². The highest BCUT2D eigenvalue weighted by atomic mass is 79.9. The van der Waals surface area contributed by atoms with Gasteiger partial charge in [-0.15, -0.1) is 0 Å². The van der Waals surface area contributed by atoms with Gasteiger partial charge in [0, 0.05) is 4.47 Å². The van der Waals surface area contributed by atoms with Crippen molar-refractivity contribution in [2.75, 3.05) is 0 Å². The third kappa shape index (κ3) is 2.56. The molecule has 0 amide bonds. The average Bonchev–Trinajstić information content (AvgIpc) is 2.32. The van der Waals surface area contributed by atoms with Crippen LogP contribution < -0.4 is 0 Å². The Kier molecular flexibility index (Phi) is 3.60. The number of benzene rings is 2. The molecule has 0 saturated carbocycles. The fraction of sp³-hybridized carbons (Fsp3) is 0.143. The van der Waals surface area contributed by atoms with Crippen LogP contribution >= 0.6 is 15.9 Å². The molecule has 0 aliphatic heterocycles. The van der Waals surface area contributed by atoms with Crippen molar-refractivity contribution in [2.24, 2.45) is 0 Å². The Morgan fingerprint density at radius 3 is 2.53 bits per heavy atom. The summed E-state index contributed by atoms with van der Waals surface area (Å²) < 4.78 is 14.0. The average molecular weight is 295 g/mol. The van der Waals surface area contributed by atoms with E-state index in [0.717, 1.165) is 10.0 Å². The van der Waals surface area contributed by atoms with E-state index >= 15 is 0 Å². The van der Waals surface area contributed by atoms with E-state index in [0.29, 0.717) is 11.1 Å². The molecule has 17 heavy (non-hydrogen) atoms. The van der Waals surface area contributed by atoms with Crippen LogP contribution in [0.2, 0.25) is 0 Å². The molecule has 0 spiro atoms. The maximum Gasteiger partial charge on any atom is 0.126 e. The van der Waals surface area contributed by atoms with Gasteiger partial charge in [-0.3, -0.25) is 0 Å². The van der Waals surface area contributed by atoms with Crippen LogP contribution in [-0.2, 0) is 0 Å². The highest BCUT2D eigenvalue weighted by molar-refractivity contribution is 9.10. The molecule has 0 aliphatic rings. The molecule has 1 nitrogen and oxygen atoms in total. The van der Waals surface area contributed by atoms with Gasteiger partial charge in [0.15, 0.2) is 0 Å². The smallest absolute Gasteiger partial charge is 0.126 e. The van der Waals surface area contributed by atoms with Gasteiger partial charge in [0.1, 0.15) is 11.9 Å². The molecule has 88 valence electrons. The van der Waals surface area contributed by atoms with Gasteiger partial charge in [-0.2, -0.15) is 0 Å². The molecule has 0 aromatic heterocycles. The van der Waals surface area contributed by atoms with Crippen molar-refractivity contribution >= 4 is 15.9 Å². The minimum Gasteiger partial charge on any atom is -0.384 e. The highest BCUT2D eigenvalue weighted by Gasteiger charge is 2.13. The molecule has 0 bridgehead atoms. The van der Waals surface area contributed by atoms with E-state index in [1.807, 2.05) is 24.3 Å². The topological polar surface area (TPSA) is 20.2 Å². The monoisotopic (exact) mass is 294 g/mol. The Labute approximate surface area is 108 Å². The molecule has 2 aromatic rings. The van der Waals surface area contributed by atoms with Crippen LogP contribution in [0.15, 0.2) is 46.9 Å². The maximum absolute atomic E-state index is 13.2. The molecule has 0 radical (unpaired) electrons. The lowest BCUT2D eigenvalue weighted by molar-refractivity contribution is 0.219. The number of halogens is 2. The molecular formula is C14H12BrFO. The van der Waals surface area contributed by atoms with Gasteiger partial charge in [-0.25, -0.2) is 4.39 Å². The standard InChI is InChI=1S/C14H12BrFO/c1-9-8-10(6-7-13(9)16)14(17)11-4-2-3-5-12(11)15/h2-8,14,17H,1H3/t14-/m0/s1. The quantitative estimate of drug-likeness (QED) is 0.888. The molecule has 1 N–H and O–H groups in total. The Morgan fingerprint density at radius 1 is 1.18 bits per heavy atom. The summed E-state index contributed by atoms with van der Waals surface area (Å²) in [6.07, 6.45) is -0.745. The van der Waals surface area contributed by atoms with E-state index in [-0.39, 0.29) is 5.82 Å². The first kappa shape index (κ1) is 12.3. The van der Waals surface area contributed by atoms with Crippen LogP contribution in [0.25, 0.3) is 0 Å². The van der Waals surface area contributed by atoms with Crippen molar-refractivity contribution in [3.63, 3.8) is 0 Å². The first-order valence-electron chi connectivity index (χ1n) is 5.28. The van der Waals surface area contributed by atoms with Crippen molar-refractivity contribution in [3.8, 4) is 0 Å². The second kappa shape index (κ2) is 4.98. The van der Waals surface area contributed by atoms with E-state index in [1.165, 1.54) is 6.07 Å². The number of aryl methyl sites for hydroxylation is 1. The first-order chi connectivity index (χ1) is 8.09. The van der Waals surface area contributed by atoms with Gasteiger partial charge in [0.05, 0.1) is 0 Å². The van der Waals surface area contributed by atoms with Gasteiger partial charge in [-0.05, 0) is 35.7 Å². The summed E-state index contributed by atoms with van der Waals surface area (Å²) in [4.78, 5) is 0. The number of hydrogen-bond donors (Lipinski definition) is 1. The van der Waals surface area contributed by atoms with Gasteiger partial charge >= 0.3 is 0 Å². The Balaban J connectivity index is 2.40. The van der Waals surface area contributed by atoms with Crippen LogP contribution in [0.1, 0.15) is 22.8 Å². The Hall–Kier alpha value is -1.19. The molecule has 0 unspecified atom stereocenters. The van der Waals surface area contributed by atoms with E-state index in [1.54, 1.807) is 19.1 Å². The van der Waals surface area contributed by atoms with Crippen molar-refractivity contribution in [3.05, 3.63) is 69.4 Å². The fourth-order valence-electron chi connectivity index (χ4n) is 1.71. The largest absolute Gasteiger partial charge is 0.384 e. The number of aliphatic hydroxyl groups is 1. The zero-order valence-corrected chi connectivity index (χ0v) is 10.9. The van der Waals surface area contributed by atoms with Crippen molar-refractivity contribution in [1.82, 2.24) is 0 Å². The SMILES string of the molecule is Cc1cc([C@H](O)c2ccccc2Br)ccc1F. The van der Waals surface area contributed by atoms with Gasteiger partial charge in [0.25, 0.3) is 0 Å². The molecule has 1 atom stereocenters. The second-order valence-corrected chi connectivity index (χ2v) is 4.79. The summed E-state index contributed by atoms with van der Waals surface area (Å²) in [6.45, 7) is 1.69. The molecular weight excluding hydrogens is 283 g/mol. The summed E-state index contributed by atoms with van der Waals surface area (Å²) in [5, 5.41) is 10.2. The van der Waals surface area contributed by atoms with Crippen molar-refractivity contribution in [1.29, 1.82) is 0 Å². The number of aliphatic hydroxyl groups excluding tert-OH is 1. The van der Waals surface area contributed by atoms with Crippen LogP contribution in [0, 0.1) is 12.7 Å². The Morgan fingerprint density at radius 2 is 1.88 bits per heavy atom. The van der Waals surface area contributed by atoms with Crippen LogP contribution in [-0.4, -0.2) is 5.11 Å². The predicted molar refractivity (Wildman–Crippen MR) is 69.3 cm³/mol. The summed E-state index contributed by atoms with van der Waals surface area (Å²) in [7, 11) is 0. The van der Waals surface area contributed by atoms with Crippen molar-refractivity contribution < 1.29 is 9.50 Å². The van der Waals surface area contributed by atoms with Crippen LogP contribution in [0.4, 0.5) is 4.39 Å². The normalized spacial score (nSPS) is 12.5. The molecule has 3 heteroatoms. The lowest BCUT2D eigenvalue weighted by atomic mass is 10.00. The number of hydrogen-bond acceptors (Lipinski definition) is 1. The third-order valence-corrected chi connectivity index (χ3v) is 3.42. The van der Waals surface area contributed by atoms with Crippen LogP contribution in [0.3, 0.4) is 0 Å². The van der Waals surface area contributed by atoms with E-state index in [9.17, 15) is 9.50 Å². The van der Waals surface area contributed by atoms with Crippen LogP contribution in [0.5, 0.6) is 0 Å². The maximum atomic E-state index is 13.2. The molecule has 0 aliphatic carbocycles. The minimum absolute atomic E-state index is 0.256. The molecule has 2 aromatic carbocycles. The zero-order valence-electron chi connectivity index (χ0n) is 9.32. The van der Waals surface area contributed by atoms with E-state index in [4.69, 9.17) is 0 Å². The lowest BCUT2D eigenvalue weighted by Crippen LogP contribution is -2.01. The zero-order chi connectivity index (χ0) is 12.4. The third-order valence-electron chi connectivity index (χ3n) is 2.70. The highest BCUT2D eigenvalue weighted by Crippen LogP contribution is 2.28. The summed E-state index contributed by atoms with van der Waals surface area (Å²) in [6, 6.07) is 12.1. The Bertz CT molecular complexity index is 539. The molecule has 0 fully saturated rings. The minimum atomic E-state index is -0.745. The molecule has 0 heterocycles. The van der Waals surface area contributed by atoms with E-state index in [2.05, 4.69) is 15.9 Å². The van der Waals surface area contributed by atoms with Gasteiger partial charge in [-0.1, -0.05) is 46.3 Å². The summed E-state index contributed by atoms with van der Waals surface area (Å²) in [5.41, 5.74) is 2.00. The second-order valence-electron chi connectivity index (χ2n) is 3.93. The summed E-state index contributed by atoms with van der Waals surface area (Å²) >= 11 is 3.39. The summed E-state index contributed by atoms with van der Waals surface area (Å²) in [5.74, 6) is -0.256. The van der Waals surface area contributed by atoms with Gasteiger partial charge < -0.3 is 5.11 Å². The molecule has 2 rings (SSSR count). The number of rotatable bonds is 2. The fourth-order valence-corrected chi connectivity index (χ4v) is 2.22. The first-order valence-corrected chi connectivity index (χ1v) is 6.07. The van der Waals surface area contributed by atoms with Crippen molar-refractivity contribution in [2.45, 2.75) is 13.0 Å².